The molecule has 226 valence electrons. The van der Waals surface area contributed by atoms with Gasteiger partial charge in [-0.25, -0.2) is 4.79 Å². The van der Waals surface area contributed by atoms with E-state index in [0.29, 0.717) is 0 Å². The van der Waals surface area contributed by atoms with Crippen LogP contribution in [0.25, 0.3) is 0 Å². The lowest BCUT2D eigenvalue weighted by molar-refractivity contribution is -0.337. The van der Waals surface area contributed by atoms with Crippen LogP contribution in [0, 0.1) is 0 Å². The summed E-state index contributed by atoms with van der Waals surface area (Å²) in [6.45, 7) is -1.24. The fourth-order valence-electron chi connectivity index (χ4n) is 4.41. The molecule has 2 aliphatic heterocycles. The zero-order chi connectivity index (χ0) is 30.2. The number of aliphatic carboxylic acids is 1. The first kappa shape index (κ1) is 32.0. The van der Waals surface area contributed by atoms with Crippen molar-refractivity contribution in [3.63, 3.8) is 0 Å². The first-order valence-electron chi connectivity index (χ1n) is 11.7. The van der Waals surface area contributed by atoms with E-state index in [0.717, 1.165) is 17.7 Å². The molecule has 40 heavy (non-hydrogen) atoms. The minimum absolute atomic E-state index is 0.153. The van der Waals surface area contributed by atoms with Gasteiger partial charge < -0.3 is 75.0 Å². The van der Waals surface area contributed by atoms with E-state index < -0.39 is 105 Å². The number of amides is 1. The van der Waals surface area contributed by atoms with Crippen molar-refractivity contribution >= 4 is 25.3 Å². The number of aliphatic hydroxyl groups is 6. The number of nitrogens with zero attached hydrogens (tertiary/aromatic N) is 2. The van der Waals surface area contributed by atoms with Crippen LogP contribution in [0.5, 0.6) is 0 Å². The molecule has 9 N–H and O–H groups in total. The molecule has 3 rings (SSSR count). The van der Waals surface area contributed by atoms with Gasteiger partial charge in [-0.1, -0.05) is 0 Å². The number of ether oxygens (including phenoxy) is 2. The van der Waals surface area contributed by atoms with Crippen LogP contribution < -0.4 is 26.7 Å². The molecule has 0 aliphatic carbocycles. The van der Waals surface area contributed by atoms with Gasteiger partial charge in [-0.3, -0.25) is 9.36 Å². The molecule has 1 amide bonds. The van der Waals surface area contributed by atoms with E-state index in [9.17, 15) is 59.6 Å². The highest BCUT2D eigenvalue weighted by Crippen LogP contribution is 2.57. The summed E-state index contributed by atoms with van der Waals surface area (Å²) in [6, 6.07) is -0.467. The molecular formula is C20H29N4O15P-2. The fourth-order valence-corrected chi connectivity index (χ4v) is 5.85. The third-order valence-electron chi connectivity index (χ3n) is 6.51. The monoisotopic (exact) mass is 596 g/mol. The standard InChI is InChI=1S/C20H31N4O15P/c1-7(26)22-12-8(27)4-20(18(32)33,39-16(12)13(29)9(28)5-25)40(35,36)37-6-10-14(30)15(31)17(38-10)24-3-2-11(21)23-19(24)34/h2-3,8-10,12-17,25,27-31H,4-6H2,1H3,(H,22,26)(H,32,33)(H,35,36)(H2,21,23,34)/p-2/t8-,9-,10-,12-,13-,14+,15?,16?,17-,20+/m1/s1. The number of aromatic nitrogens is 2. The summed E-state index contributed by atoms with van der Waals surface area (Å²) in [5.74, 6) is -3.41. The molecular weight excluding hydrogens is 567 g/mol. The van der Waals surface area contributed by atoms with Crippen molar-refractivity contribution < 1.29 is 68.8 Å². The second kappa shape index (κ2) is 12.1. The smallest absolute Gasteiger partial charge is 0.351 e. The molecule has 1 aromatic rings. The summed E-state index contributed by atoms with van der Waals surface area (Å²) >= 11 is 0. The van der Waals surface area contributed by atoms with Crippen molar-refractivity contribution in [2.45, 2.75) is 73.7 Å². The van der Waals surface area contributed by atoms with Crippen LogP contribution in [0.2, 0.25) is 0 Å². The number of nitrogen functional groups attached to an aromatic ring is 1. The van der Waals surface area contributed by atoms with E-state index in [1.165, 1.54) is 6.07 Å². The molecule has 0 saturated carbocycles. The topological polar surface area (TPSA) is 319 Å². The molecule has 0 spiro atoms. The summed E-state index contributed by atoms with van der Waals surface area (Å²) in [7, 11) is -5.91. The van der Waals surface area contributed by atoms with Crippen LogP contribution >= 0.6 is 7.60 Å². The normalized spacial score (nSPS) is 35.5. The van der Waals surface area contributed by atoms with Gasteiger partial charge in [0.05, 0.1) is 31.3 Å². The number of rotatable bonds is 10. The summed E-state index contributed by atoms with van der Waals surface area (Å²) in [4.78, 5) is 52.5. The van der Waals surface area contributed by atoms with E-state index in [-0.39, 0.29) is 5.82 Å². The maximum Gasteiger partial charge on any atom is 0.351 e. The second-order valence-electron chi connectivity index (χ2n) is 9.27. The lowest BCUT2D eigenvalue weighted by Crippen LogP contribution is -2.69. The van der Waals surface area contributed by atoms with Crippen molar-refractivity contribution in [2.24, 2.45) is 0 Å². The first-order chi connectivity index (χ1) is 18.6. The molecule has 20 heteroatoms. The van der Waals surface area contributed by atoms with Crippen LogP contribution in [0.4, 0.5) is 5.82 Å². The number of nitrogens with two attached hydrogens (primary N) is 1. The Hall–Kier alpha value is -2.55. The zero-order valence-corrected chi connectivity index (χ0v) is 21.6. The Morgan fingerprint density at radius 2 is 2.00 bits per heavy atom. The number of carboxylic acids is 1. The van der Waals surface area contributed by atoms with Crippen LogP contribution in [-0.2, 0) is 28.2 Å². The highest BCUT2D eigenvalue weighted by Gasteiger charge is 2.57. The quantitative estimate of drug-likeness (QED) is 0.116. The molecule has 11 atom stereocenters. The van der Waals surface area contributed by atoms with E-state index >= 15 is 0 Å². The van der Waals surface area contributed by atoms with Crippen molar-refractivity contribution in [1.29, 1.82) is 0 Å². The van der Waals surface area contributed by atoms with E-state index in [1.807, 2.05) is 0 Å². The number of nitrogens with one attached hydrogen (secondary N) is 1. The summed E-state index contributed by atoms with van der Waals surface area (Å²) < 4.78 is 29.3. The Morgan fingerprint density at radius 1 is 1.35 bits per heavy atom. The van der Waals surface area contributed by atoms with Crippen molar-refractivity contribution in [1.82, 2.24) is 14.9 Å². The maximum absolute atomic E-state index is 13.2. The molecule has 3 unspecified atom stereocenters. The van der Waals surface area contributed by atoms with Crippen molar-refractivity contribution in [3.05, 3.63) is 22.7 Å². The van der Waals surface area contributed by atoms with E-state index in [4.69, 9.17) is 19.7 Å². The molecule has 3 heterocycles. The Labute approximate surface area is 224 Å². The van der Waals surface area contributed by atoms with Gasteiger partial charge in [0.1, 0.15) is 42.4 Å². The van der Waals surface area contributed by atoms with Crippen LogP contribution in [-0.4, -0.2) is 119 Å². The summed E-state index contributed by atoms with van der Waals surface area (Å²) in [5, 5.41) is 71.5. The van der Waals surface area contributed by atoms with E-state index in [2.05, 4.69) is 10.3 Å². The molecule has 2 aliphatic rings. The van der Waals surface area contributed by atoms with Crippen molar-refractivity contribution in [2.75, 3.05) is 18.9 Å². The van der Waals surface area contributed by atoms with Gasteiger partial charge in [0.15, 0.2) is 19.2 Å². The predicted molar refractivity (Wildman–Crippen MR) is 122 cm³/mol. The SMILES string of the molecule is CC(=O)N[C@H]1C([C@H](O)[C@H](O)CO)O[C@](C(=O)[O-])(P(=O)([O-])OC[C@H]2O[C@@H](n3ccc(N)nc3=O)C(O)[C@H]2O)C[C@H]1O. The third-order valence-corrected chi connectivity index (χ3v) is 8.35. The number of hydrogen-bond acceptors (Lipinski definition) is 17. The highest BCUT2D eigenvalue weighted by atomic mass is 31.2. The number of carboxylic acid groups (broad SMARTS) is 1. The van der Waals surface area contributed by atoms with Gasteiger partial charge in [0.25, 0.3) is 0 Å². The van der Waals surface area contributed by atoms with Gasteiger partial charge in [0, 0.05) is 19.5 Å². The Morgan fingerprint density at radius 3 is 2.55 bits per heavy atom. The number of anilines is 1. The Kier molecular flexibility index (Phi) is 9.70. The van der Waals surface area contributed by atoms with Gasteiger partial charge in [-0.05, 0) is 6.07 Å². The molecule has 19 nitrogen and oxygen atoms in total. The van der Waals surface area contributed by atoms with Gasteiger partial charge in [-0.15, -0.1) is 0 Å². The first-order valence-corrected chi connectivity index (χ1v) is 13.2. The van der Waals surface area contributed by atoms with Crippen LogP contribution in [0.15, 0.2) is 17.1 Å². The third kappa shape index (κ3) is 6.04. The maximum atomic E-state index is 13.2. The molecule has 0 radical (unpaired) electrons. The van der Waals surface area contributed by atoms with Gasteiger partial charge in [-0.2, -0.15) is 4.98 Å². The average molecular weight is 596 g/mol. The second-order valence-corrected chi connectivity index (χ2v) is 11.2. The van der Waals surface area contributed by atoms with Crippen LogP contribution in [0.1, 0.15) is 19.6 Å². The average Bonchev–Trinajstić information content (AvgIpc) is 3.15. The molecule has 0 bridgehead atoms. The van der Waals surface area contributed by atoms with E-state index in [1.54, 1.807) is 0 Å². The zero-order valence-electron chi connectivity index (χ0n) is 20.7. The number of carbonyl (C=O) groups excluding carboxylic acids is 2. The molecule has 2 fully saturated rings. The predicted octanol–water partition coefficient (Wildman–Crippen LogP) is -7.17. The van der Waals surface area contributed by atoms with Crippen LogP contribution in [0.3, 0.4) is 0 Å². The van der Waals surface area contributed by atoms with Gasteiger partial charge >= 0.3 is 5.69 Å². The Balaban J connectivity index is 1.87. The van der Waals surface area contributed by atoms with Gasteiger partial charge in [0.2, 0.25) is 5.91 Å². The Bertz CT molecular complexity index is 1200. The fraction of sp³-hybridized carbons (Fsp3) is 0.700. The molecule has 2 saturated heterocycles. The number of carbonyl (C=O) groups is 2. The number of aliphatic hydroxyl groups excluding tert-OH is 6. The minimum Gasteiger partial charge on any atom is -0.776 e. The molecule has 0 aromatic carbocycles. The largest absolute Gasteiger partial charge is 0.776 e. The highest BCUT2D eigenvalue weighted by molar-refractivity contribution is 7.54. The number of hydrogen-bond donors (Lipinski definition) is 8. The lowest BCUT2D eigenvalue weighted by Gasteiger charge is -2.53. The minimum atomic E-state index is -5.91. The van der Waals surface area contributed by atoms with Crippen molar-refractivity contribution in [3.8, 4) is 0 Å². The summed E-state index contributed by atoms with van der Waals surface area (Å²) in [6.07, 6.45) is -15.5. The lowest BCUT2D eigenvalue weighted by atomic mass is 9.89. The molecule has 1 aromatic heterocycles. The summed E-state index contributed by atoms with van der Waals surface area (Å²) in [5.41, 5.74) is 4.43.